The molecule has 0 aromatic heterocycles. The maximum Gasteiger partial charge on any atom is 0.0409 e. The Balaban J connectivity index is 2.51. The summed E-state index contributed by atoms with van der Waals surface area (Å²) in [7, 11) is 2.11. The highest BCUT2D eigenvalue weighted by Crippen LogP contribution is 2.12. The Labute approximate surface area is 99.2 Å². The standard InChI is InChI=1S/C11H15BrClN/c1-9(12)7-14(2)8-10-4-3-5-11(13)6-10/h3-6,9H,7-8H2,1-2H3. The zero-order chi connectivity index (χ0) is 10.6. The molecule has 0 spiro atoms. The second-order valence-electron chi connectivity index (χ2n) is 3.61. The van der Waals surface area contributed by atoms with Gasteiger partial charge in [-0.3, -0.25) is 0 Å². The average molecular weight is 277 g/mol. The molecule has 0 heterocycles. The van der Waals surface area contributed by atoms with Crippen molar-refractivity contribution in [3.8, 4) is 0 Å². The van der Waals surface area contributed by atoms with Gasteiger partial charge in [0.25, 0.3) is 0 Å². The van der Waals surface area contributed by atoms with E-state index >= 15 is 0 Å². The Morgan fingerprint density at radius 3 is 2.79 bits per heavy atom. The van der Waals surface area contributed by atoms with Crippen molar-refractivity contribution in [3.63, 3.8) is 0 Å². The van der Waals surface area contributed by atoms with Gasteiger partial charge in [-0.1, -0.05) is 46.6 Å². The molecule has 0 saturated carbocycles. The number of rotatable bonds is 4. The average Bonchev–Trinajstić information content (AvgIpc) is 2.01. The fourth-order valence-corrected chi connectivity index (χ4v) is 2.15. The van der Waals surface area contributed by atoms with Gasteiger partial charge in [-0.15, -0.1) is 0 Å². The molecule has 78 valence electrons. The van der Waals surface area contributed by atoms with E-state index in [4.69, 9.17) is 11.6 Å². The maximum absolute atomic E-state index is 5.91. The van der Waals surface area contributed by atoms with Gasteiger partial charge < -0.3 is 4.90 Å². The van der Waals surface area contributed by atoms with Gasteiger partial charge in [0.1, 0.15) is 0 Å². The number of benzene rings is 1. The largest absolute Gasteiger partial charge is 0.301 e. The molecule has 0 fully saturated rings. The van der Waals surface area contributed by atoms with E-state index in [0.717, 1.165) is 18.1 Å². The van der Waals surface area contributed by atoms with Crippen molar-refractivity contribution >= 4 is 27.5 Å². The number of hydrogen-bond acceptors (Lipinski definition) is 1. The van der Waals surface area contributed by atoms with Gasteiger partial charge >= 0.3 is 0 Å². The molecule has 1 atom stereocenters. The lowest BCUT2D eigenvalue weighted by atomic mass is 10.2. The first-order valence-electron chi connectivity index (χ1n) is 4.65. The molecule has 0 aliphatic carbocycles. The normalized spacial score (nSPS) is 13.2. The van der Waals surface area contributed by atoms with Crippen LogP contribution < -0.4 is 0 Å². The molecule has 0 N–H and O–H groups in total. The third-order valence-electron chi connectivity index (χ3n) is 1.90. The van der Waals surface area contributed by atoms with Crippen molar-refractivity contribution in [2.45, 2.75) is 18.3 Å². The third kappa shape index (κ3) is 4.45. The Morgan fingerprint density at radius 1 is 1.50 bits per heavy atom. The summed E-state index contributed by atoms with van der Waals surface area (Å²) >= 11 is 9.44. The van der Waals surface area contributed by atoms with Crippen LogP contribution in [0.4, 0.5) is 0 Å². The van der Waals surface area contributed by atoms with Crippen LogP contribution in [0.25, 0.3) is 0 Å². The Hall–Kier alpha value is -0.0500. The Kier molecular flexibility index (Phi) is 4.93. The minimum atomic E-state index is 0.520. The zero-order valence-corrected chi connectivity index (χ0v) is 10.8. The van der Waals surface area contributed by atoms with Crippen LogP contribution in [0.1, 0.15) is 12.5 Å². The van der Waals surface area contributed by atoms with Gasteiger partial charge in [-0.2, -0.15) is 0 Å². The lowest BCUT2D eigenvalue weighted by Crippen LogP contribution is -2.23. The minimum Gasteiger partial charge on any atom is -0.301 e. The number of nitrogens with zero attached hydrogens (tertiary/aromatic N) is 1. The molecule has 0 aliphatic rings. The maximum atomic E-state index is 5.91. The Morgan fingerprint density at radius 2 is 2.21 bits per heavy atom. The number of alkyl halides is 1. The molecule has 1 aromatic rings. The van der Waals surface area contributed by atoms with Crippen molar-refractivity contribution in [2.24, 2.45) is 0 Å². The van der Waals surface area contributed by atoms with Crippen LogP contribution in [0.15, 0.2) is 24.3 Å². The lowest BCUT2D eigenvalue weighted by Gasteiger charge is -2.18. The van der Waals surface area contributed by atoms with Crippen LogP contribution in [0.5, 0.6) is 0 Å². The molecule has 3 heteroatoms. The first-order valence-corrected chi connectivity index (χ1v) is 5.94. The molecule has 0 amide bonds. The van der Waals surface area contributed by atoms with Crippen molar-refractivity contribution in [1.82, 2.24) is 4.90 Å². The highest BCUT2D eigenvalue weighted by Gasteiger charge is 2.03. The SMILES string of the molecule is CC(Br)CN(C)Cc1cccc(Cl)c1. The van der Waals surface area contributed by atoms with Crippen LogP contribution in [0.3, 0.4) is 0 Å². The predicted octanol–water partition coefficient (Wildman–Crippen LogP) is 3.56. The molecule has 14 heavy (non-hydrogen) atoms. The summed E-state index contributed by atoms with van der Waals surface area (Å²) in [6.07, 6.45) is 0. The van der Waals surface area contributed by atoms with Crippen LogP contribution in [0, 0.1) is 0 Å². The second kappa shape index (κ2) is 5.74. The van der Waals surface area contributed by atoms with E-state index in [-0.39, 0.29) is 0 Å². The van der Waals surface area contributed by atoms with E-state index in [9.17, 15) is 0 Å². The summed E-state index contributed by atoms with van der Waals surface area (Å²) in [4.78, 5) is 2.79. The molecule has 0 radical (unpaired) electrons. The van der Waals surface area contributed by atoms with Crippen molar-refractivity contribution in [3.05, 3.63) is 34.9 Å². The molecule has 0 aliphatic heterocycles. The molecular formula is C11H15BrClN. The summed E-state index contributed by atoms with van der Waals surface area (Å²) in [6, 6.07) is 8.00. The van der Waals surface area contributed by atoms with Gasteiger partial charge in [0.2, 0.25) is 0 Å². The van der Waals surface area contributed by atoms with Crippen molar-refractivity contribution in [2.75, 3.05) is 13.6 Å². The minimum absolute atomic E-state index is 0.520. The fraction of sp³-hybridized carbons (Fsp3) is 0.455. The van der Waals surface area contributed by atoms with Crippen LogP contribution in [-0.2, 0) is 6.54 Å². The highest BCUT2D eigenvalue weighted by atomic mass is 79.9. The summed E-state index contributed by atoms with van der Waals surface area (Å²) in [5.41, 5.74) is 1.26. The Bertz CT molecular complexity index is 288. The highest BCUT2D eigenvalue weighted by molar-refractivity contribution is 9.09. The van der Waals surface area contributed by atoms with Crippen LogP contribution >= 0.6 is 27.5 Å². The molecule has 1 unspecified atom stereocenters. The molecule has 0 saturated heterocycles. The quantitative estimate of drug-likeness (QED) is 0.760. The summed E-state index contributed by atoms with van der Waals surface area (Å²) in [6.45, 7) is 4.12. The van der Waals surface area contributed by atoms with E-state index < -0.39 is 0 Å². The summed E-state index contributed by atoms with van der Waals surface area (Å²) < 4.78 is 0. The molecule has 1 aromatic carbocycles. The molecule has 1 rings (SSSR count). The third-order valence-corrected chi connectivity index (χ3v) is 2.43. The van der Waals surface area contributed by atoms with Gasteiger partial charge in [0.15, 0.2) is 0 Å². The topological polar surface area (TPSA) is 3.24 Å². The second-order valence-corrected chi connectivity index (χ2v) is 5.61. The van der Waals surface area contributed by atoms with Crippen LogP contribution in [0.2, 0.25) is 5.02 Å². The molecule has 1 nitrogen and oxygen atoms in total. The van der Waals surface area contributed by atoms with E-state index in [1.807, 2.05) is 18.2 Å². The van der Waals surface area contributed by atoms with Gasteiger partial charge in [0, 0.05) is 22.9 Å². The van der Waals surface area contributed by atoms with E-state index in [0.29, 0.717) is 4.83 Å². The monoisotopic (exact) mass is 275 g/mol. The first kappa shape index (κ1) is 12.0. The number of hydrogen-bond donors (Lipinski definition) is 0. The smallest absolute Gasteiger partial charge is 0.0409 e. The van der Waals surface area contributed by atoms with E-state index in [2.05, 4.69) is 40.9 Å². The zero-order valence-electron chi connectivity index (χ0n) is 8.50. The molecule has 0 bridgehead atoms. The predicted molar refractivity (Wildman–Crippen MR) is 66.2 cm³/mol. The summed E-state index contributed by atoms with van der Waals surface area (Å²) in [5, 5.41) is 0.808. The molecular weight excluding hydrogens is 261 g/mol. The van der Waals surface area contributed by atoms with Crippen LogP contribution in [-0.4, -0.2) is 23.3 Å². The van der Waals surface area contributed by atoms with Gasteiger partial charge in [-0.05, 0) is 24.7 Å². The fourth-order valence-electron chi connectivity index (χ4n) is 1.44. The van der Waals surface area contributed by atoms with E-state index in [1.54, 1.807) is 0 Å². The number of halogens is 2. The van der Waals surface area contributed by atoms with Gasteiger partial charge in [-0.25, -0.2) is 0 Å². The summed E-state index contributed by atoms with van der Waals surface area (Å²) in [5.74, 6) is 0. The van der Waals surface area contributed by atoms with E-state index in [1.165, 1.54) is 5.56 Å². The van der Waals surface area contributed by atoms with Crippen molar-refractivity contribution in [1.29, 1.82) is 0 Å². The lowest BCUT2D eigenvalue weighted by molar-refractivity contribution is 0.333. The first-order chi connectivity index (χ1) is 6.58. The van der Waals surface area contributed by atoms with Gasteiger partial charge in [0.05, 0.1) is 0 Å². The van der Waals surface area contributed by atoms with Crippen molar-refractivity contribution < 1.29 is 0 Å².